The summed E-state index contributed by atoms with van der Waals surface area (Å²) in [4.78, 5) is 24.8. The zero-order valence-electron chi connectivity index (χ0n) is 18.0. The fourth-order valence-corrected chi connectivity index (χ4v) is 2.93. The highest BCUT2D eigenvalue weighted by Gasteiger charge is 2.30. The van der Waals surface area contributed by atoms with Gasteiger partial charge >= 0.3 is 6.18 Å². The van der Waals surface area contributed by atoms with Crippen molar-refractivity contribution in [3.8, 4) is 5.75 Å². The molecule has 0 heterocycles. The van der Waals surface area contributed by atoms with Gasteiger partial charge in [0.25, 0.3) is 5.91 Å². The van der Waals surface area contributed by atoms with Gasteiger partial charge in [0.05, 0.1) is 12.1 Å². The Labute approximate surface area is 194 Å². The Hall–Kier alpha value is -4.27. The van der Waals surface area contributed by atoms with Crippen molar-refractivity contribution in [1.29, 1.82) is 0 Å². The molecule has 3 aromatic rings. The molecule has 0 aromatic heterocycles. The van der Waals surface area contributed by atoms with Crippen molar-refractivity contribution in [3.63, 3.8) is 0 Å². The van der Waals surface area contributed by atoms with Crippen molar-refractivity contribution >= 4 is 28.9 Å². The summed E-state index contributed by atoms with van der Waals surface area (Å²) in [7, 11) is 0. The first-order chi connectivity index (χ1) is 16.2. The van der Waals surface area contributed by atoms with Gasteiger partial charge in [0.1, 0.15) is 12.4 Å². The zero-order chi connectivity index (χ0) is 24.6. The first kappa shape index (κ1) is 24.4. The maximum absolute atomic E-state index is 12.9. The van der Waals surface area contributed by atoms with Crippen molar-refractivity contribution in [2.45, 2.75) is 6.18 Å². The van der Waals surface area contributed by atoms with Gasteiger partial charge in [-0.05, 0) is 60.7 Å². The molecule has 0 aliphatic carbocycles. The monoisotopic (exact) mass is 469 g/mol. The van der Waals surface area contributed by atoms with E-state index in [4.69, 9.17) is 4.74 Å². The number of hydrogen-bond acceptors (Lipinski definition) is 4. The summed E-state index contributed by atoms with van der Waals surface area (Å²) in [6, 6.07) is 17.5. The maximum atomic E-state index is 12.9. The Morgan fingerprint density at radius 1 is 0.882 bits per heavy atom. The molecule has 0 saturated heterocycles. The van der Waals surface area contributed by atoms with E-state index in [1.54, 1.807) is 42.5 Å². The molecule has 0 atom stereocenters. The summed E-state index contributed by atoms with van der Waals surface area (Å²) < 4.78 is 44.0. The highest BCUT2D eigenvalue weighted by atomic mass is 19.4. The minimum absolute atomic E-state index is 0.0133. The molecule has 0 bridgehead atoms. The summed E-state index contributed by atoms with van der Waals surface area (Å²) in [6.45, 7) is 3.95. The van der Waals surface area contributed by atoms with Crippen LogP contribution in [0.25, 0.3) is 0 Å². The van der Waals surface area contributed by atoms with Crippen LogP contribution in [0.1, 0.15) is 15.9 Å². The summed E-state index contributed by atoms with van der Waals surface area (Å²) >= 11 is 0. The first-order valence-electron chi connectivity index (χ1n) is 10.2. The summed E-state index contributed by atoms with van der Waals surface area (Å²) in [6.07, 6.45) is -2.87. The molecule has 0 spiro atoms. The van der Waals surface area contributed by atoms with E-state index in [1.807, 2.05) is 0 Å². The van der Waals surface area contributed by atoms with Gasteiger partial charge in [-0.15, -0.1) is 0 Å². The van der Waals surface area contributed by atoms with E-state index < -0.39 is 17.6 Å². The number of nitrogens with one attached hydrogen (secondary N) is 3. The minimum Gasteiger partial charge on any atom is -0.490 e. The molecule has 3 rings (SSSR count). The number of ether oxygens (including phenoxy) is 1. The fourth-order valence-electron chi connectivity index (χ4n) is 2.93. The van der Waals surface area contributed by atoms with Crippen LogP contribution in [0.3, 0.4) is 0 Å². The van der Waals surface area contributed by atoms with E-state index in [2.05, 4.69) is 22.5 Å². The highest BCUT2D eigenvalue weighted by molar-refractivity contribution is 6.05. The van der Waals surface area contributed by atoms with E-state index in [1.165, 1.54) is 24.3 Å². The molecule has 0 fully saturated rings. The van der Waals surface area contributed by atoms with Crippen molar-refractivity contribution in [3.05, 3.63) is 96.6 Å². The van der Waals surface area contributed by atoms with E-state index >= 15 is 0 Å². The van der Waals surface area contributed by atoms with Crippen LogP contribution in [0.4, 0.5) is 30.2 Å². The quantitative estimate of drug-likeness (QED) is 0.358. The number of halogens is 3. The number of carbonyl (C=O) groups is 2. The second-order valence-corrected chi connectivity index (χ2v) is 7.14. The summed E-state index contributed by atoms with van der Waals surface area (Å²) in [5.74, 6) is -0.273. The van der Waals surface area contributed by atoms with Gasteiger partial charge in [0.2, 0.25) is 5.91 Å². The zero-order valence-corrected chi connectivity index (χ0v) is 18.0. The lowest BCUT2D eigenvalue weighted by molar-refractivity contribution is -0.137. The van der Waals surface area contributed by atoms with Crippen molar-refractivity contribution < 1.29 is 27.5 Å². The van der Waals surface area contributed by atoms with Crippen LogP contribution in [-0.4, -0.2) is 25.0 Å². The van der Waals surface area contributed by atoms with Crippen molar-refractivity contribution in [2.24, 2.45) is 0 Å². The molecule has 0 aliphatic rings. The average Bonchev–Trinajstić information content (AvgIpc) is 2.82. The molecule has 0 radical (unpaired) electrons. The average molecular weight is 469 g/mol. The van der Waals surface area contributed by atoms with Crippen molar-refractivity contribution in [1.82, 2.24) is 0 Å². The number of amides is 2. The Morgan fingerprint density at radius 2 is 1.56 bits per heavy atom. The van der Waals surface area contributed by atoms with Gasteiger partial charge in [-0.2, -0.15) is 13.2 Å². The Morgan fingerprint density at radius 3 is 2.24 bits per heavy atom. The number of anilines is 3. The van der Waals surface area contributed by atoms with E-state index in [0.29, 0.717) is 18.0 Å². The fraction of sp³-hybridized carbons (Fsp3) is 0.120. The van der Waals surface area contributed by atoms with E-state index in [9.17, 15) is 22.8 Å². The van der Waals surface area contributed by atoms with Crippen LogP contribution < -0.4 is 20.7 Å². The lowest BCUT2D eigenvalue weighted by Crippen LogP contribution is -2.22. The molecular formula is C25H22F3N3O3. The van der Waals surface area contributed by atoms with Crippen LogP contribution in [-0.2, 0) is 11.0 Å². The Kier molecular flexibility index (Phi) is 7.92. The first-order valence-corrected chi connectivity index (χ1v) is 10.2. The van der Waals surface area contributed by atoms with Gasteiger partial charge in [0.15, 0.2) is 0 Å². The number of rotatable bonds is 9. The standard InChI is InChI=1S/C25H22F3N3O3/c1-2-13-34-22-11-9-19(10-12-22)29-16-23(32)30-20-7-3-5-17(14-20)24(33)31-21-8-4-6-18(15-21)25(26,27)28/h2-12,14-15,29H,1,13,16H2,(H,30,32)(H,31,33). The van der Waals surface area contributed by atoms with Gasteiger partial charge in [-0.3, -0.25) is 9.59 Å². The van der Waals surface area contributed by atoms with Crippen LogP contribution in [0.15, 0.2) is 85.5 Å². The van der Waals surface area contributed by atoms with Gasteiger partial charge in [-0.1, -0.05) is 24.8 Å². The number of carbonyl (C=O) groups excluding carboxylic acids is 2. The molecule has 0 unspecified atom stereocenters. The number of benzene rings is 3. The number of hydrogen-bond donors (Lipinski definition) is 3. The third kappa shape index (κ3) is 7.13. The molecule has 0 saturated carbocycles. The molecule has 6 nitrogen and oxygen atoms in total. The second-order valence-electron chi connectivity index (χ2n) is 7.14. The lowest BCUT2D eigenvalue weighted by atomic mass is 10.1. The third-order valence-electron chi connectivity index (χ3n) is 4.53. The van der Waals surface area contributed by atoms with Crippen LogP contribution in [0.2, 0.25) is 0 Å². The van der Waals surface area contributed by atoms with Crippen LogP contribution in [0.5, 0.6) is 5.75 Å². The lowest BCUT2D eigenvalue weighted by Gasteiger charge is -2.11. The maximum Gasteiger partial charge on any atom is 0.416 e. The van der Waals surface area contributed by atoms with Gasteiger partial charge in [-0.25, -0.2) is 0 Å². The van der Waals surface area contributed by atoms with E-state index in [-0.39, 0.29) is 23.7 Å². The Balaban J connectivity index is 1.56. The third-order valence-corrected chi connectivity index (χ3v) is 4.53. The second kappa shape index (κ2) is 11.0. The van der Waals surface area contributed by atoms with E-state index in [0.717, 1.165) is 17.8 Å². The summed E-state index contributed by atoms with van der Waals surface area (Å²) in [5.41, 5.74) is 0.419. The largest absolute Gasteiger partial charge is 0.490 e. The molecule has 0 aliphatic heterocycles. The molecule has 3 aromatic carbocycles. The smallest absolute Gasteiger partial charge is 0.416 e. The topological polar surface area (TPSA) is 79.5 Å². The highest BCUT2D eigenvalue weighted by Crippen LogP contribution is 2.30. The molecule has 2 amide bonds. The van der Waals surface area contributed by atoms with Crippen LogP contribution >= 0.6 is 0 Å². The summed E-state index contributed by atoms with van der Waals surface area (Å²) in [5, 5.41) is 8.09. The molecule has 9 heteroatoms. The predicted octanol–water partition coefficient (Wildman–Crippen LogP) is 5.57. The molecule has 176 valence electrons. The minimum atomic E-state index is -4.51. The van der Waals surface area contributed by atoms with Crippen LogP contribution in [0, 0.1) is 0 Å². The normalized spacial score (nSPS) is 10.8. The SMILES string of the molecule is C=CCOc1ccc(NCC(=O)Nc2cccc(C(=O)Nc3cccc(C(F)(F)F)c3)c2)cc1. The molecular weight excluding hydrogens is 447 g/mol. The molecule has 3 N–H and O–H groups in total. The van der Waals surface area contributed by atoms with Crippen molar-refractivity contribution in [2.75, 3.05) is 29.1 Å². The Bertz CT molecular complexity index is 1160. The van der Waals surface area contributed by atoms with Gasteiger partial charge in [0, 0.05) is 22.6 Å². The molecule has 34 heavy (non-hydrogen) atoms. The van der Waals surface area contributed by atoms with Gasteiger partial charge < -0.3 is 20.7 Å². The number of alkyl halides is 3. The predicted molar refractivity (Wildman–Crippen MR) is 125 cm³/mol.